The third kappa shape index (κ3) is 1.49. The number of aromatic nitrogens is 1. The number of fused-ring (bicyclic) bond motifs is 3. The van der Waals surface area contributed by atoms with E-state index in [4.69, 9.17) is 0 Å². The molecule has 0 radical (unpaired) electrons. The number of nitrogens with zero attached hydrogens (tertiary/aromatic N) is 2. The topological polar surface area (TPSA) is 42.3 Å². The van der Waals surface area contributed by atoms with Gasteiger partial charge in [0.05, 0.1) is 11.0 Å². The predicted octanol–water partition coefficient (Wildman–Crippen LogP) is 3.34. The highest BCUT2D eigenvalue weighted by Gasteiger charge is 2.51. The first-order valence-corrected chi connectivity index (χ1v) is 7.83. The van der Waals surface area contributed by atoms with Crippen LogP contribution in [-0.4, -0.2) is 40.8 Å². The summed E-state index contributed by atoms with van der Waals surface area (Å²) in [5, 5.41) is 1.97. The largest absolute Gasteiger partial charge is 0.291 e. The Morgan fingerprint density at radius 1 is 1.00 bits per heavy atom. The molecule has 0 saturated heterocycles. The Labute approximate surface area is 134 Å². The second kappa shape index (κ2) is 4.52. The summed E-state index contributed by atoms with van der Waals surface area (Å²) in [4.78, 5) is 28.4. The van der Waals surface area contributed by atoms with E-state index in [0.717, 1.165) is 21.8 Å². The van der Waals surface area contributed by atoms with Gasteiger partial charge in [-0.1, -0.05) is 37.3 Å². The lowest BCUT2D eigenvalue weighted by atomic mass is 9.81. The number of hydrogen-bond donors (Lipinski definition) is 0. The van der Waals surface area contributed by atoms with Gasteiger partial charge in [-0.3, -0.25) is 19.1 Å². The second-order valence-electron chi connectivity index (χ2n) is 6.30. The van der Waals surface area contributed by atoms with Crippen LogP contribution in [0.2, 0.25) is 0 Å². The Bertz CT molecular complexity index is 984. The summed E-state index contributed by atoms with van der Waals surface area (Å²) in [6.45, 7) is 1.90. The highest BCUT2D eigenvalue weighted by Crippen LogP contribution is 2.39. The van der Waals surface area contributed by atoms with Crippen molar-refractivity contribution >= 4 is 33.5 Å². The molecule has 1 aliphatic rings. The molecule has 4 heteroatoms. The van der Waals surface area contributed by atoms with Gasteiger partial charge >= 0.3 is 0 Å². The lowest BCUT2D eigenvalue weighted by Gasteiger charge is -2.39. The minimum Gasteiger partial charge on any atom is -0.291 e. The molecule has 0 bridgehead atoms. The van der Waals surface area contributed by atoms with Crippen molar-refractivity contribution in [2.24, 2.45) is 0 Å². The van der Waals surface area contributed by atoms with E-state index in [1.54, 1.807) is 23.6 Å². The van der Waals surface area contributed by atoms with Crippen LogP contribution in [-0.2, 0) is 0 Å². The molecule has 0 amide bonds. The predicted molar refractivity (Wildman–Crippen MR) is 91.1 cm³/mol. The van der Waals surface area contributed by atoms with Gasteiger partial charge in [-0.2, -0.15) is 0 Å². The molecule has 116 valence electrons. The summed E-state index contributed by atoms with van der Waals surface area (Å²) in [5.74, 6) is -0.254. The maximum Gasteiger partial charge on any atom is 0.260 e. The Kier molecular flexibility index (Phi) is 2.78. The molecule has 4 nitrogen and oxygen atoms in total. The standard InChI is InChI=1S/C19H18N2O2/c1-4-19(20(2)3)17(22)14-10-7-9-13-12-8-5-6-11-15(12)21(16(13)14)18(19)23/h5-11H,4H2,1-3H3. The van der Waals surface area contributed by atoms with Crippen molar-refractivity contribution in [3.63, 3.8) is 0 Å². The van der Waals surface area contributed by atoms with E-state index in [1.165, 1.54) is 0 Å². The van der Waals surface area contributed by atoms with Gasteiger partial charge in [0.15, 0.2) is 11.3 Å². The number of carbonyl (C=O) groups excluding carboxylic acids is 2. The van der Waals surface area contributed by atoms with E-state index in [0.29, 0.717) is 12.0 Å². The van der Waals surface area contributed by atoms with E-state index in [9.17, 15) is 9.59 Å². The molecule has 0 saturated carbocycles. The fourth-order valence-corrected chi connectivity index (χ4v) is 3.94. The Morgan fingerprint density at radius 3 is 2.39 bits per heavy atom. The average Bonchev–Trinajstić information content (AvgIpc) is 2.89. The van der Waals surface area contributed by atoms with Gasteiger partial charge in [0, 0.05) is 16.3 Å². The van der Waals surface area contributed by atoms with Crippen LogP contribution in [0.5, 0.6) is 0 Å². The zero-order chi connectivity index (χ0) is 16.4. The first kappa shape index (κ1) is 14.2. The minimum absolute atomic E-state index is 0.101. The maximum atomic E-state index is 13.4. The van der Waals surface area contributed by atoms with E-state index < -0.39 is 5.54 Å². The van der Waals surface area contributed by atoms with E-state index in [-0.39, 0.29) is 11.7 Å². The quantitative estimate of drug-likeness (QED) is 0.682. The van der Waals surface area contributed by atoms with E-state index in [1.807, 2.05) is 49.4 Å². The van der Waals surface area contributed by atoms with Crippen molar-refractivity contribution in [3.05, 3.63) is 48.0 Å². The molecule has 1 aliphatic heterocycles. The Hall–Kier alpha value is -2.46. The molecule has 0 N–H and O–H groups in total. The van der Waals surface area contributed by atoms with Gasteiger partial charge < -0.3 is 0 Å². The summed E-state index contributed by atoms with van der Waals surface area (Å²) >= 11 is 0. The highest BCUT2D eigenvalue weighted by atomic mass is 16.2. The number of hydrogen-bond acceptors (Lipinski definition) is 3. The molecular weight excluding hydrogens is 288 g/mol. The van der Waals surface area contributed by atoms with Crippen LogP contribution in [0, 0.1) is 0 Å². The molecule has 1 unspecified atom stereocenters. The first-order chi connectivity index (χ1) is 11.0. The number of rotatable bonds is 2. The Morgan fingerprint density at radius 2 is 1.70 bits per heavy atom. The average molecular weight is 306 g/mol. The van der Waals surface area contributed by atoms with Crippen LogP contribution in [0.1, 0.15) is 28.5 Å². The third-order valence-corrected chi connectivity index (χ3v) is 5.15. The van der Waals surface area contributed by atoms with Gasteiger partial charge in [-0.15, -0.1) is 0 Å². The fraction of sp³-hybridized carbons (Fsp3) is 0.263. The maximum absolute atomic E-state index is 13.4. The van der Waals surface area contributed by atoms with E-state index in [2.05, 4.69) is 0 Å². The van der Waals surface area contributed by atoms with Crippen molar-refractivity contribution in [2.45, 2.75) is 18.9 Å². The monoisotopic (exact) mass is 306 g/mol. The summed E-state index contributed by atoms with van der Waals surface area (Å²) in [6.07, 6.45) is 0.444. The number of benzene rings is 2. The van der Waals surface area contributed by atoms with Crippen molar-refractivity contribution in [1.29, 1.82) is 0 Å². The van der Waals surface area contributed by atoms with Gasteiger partial charge in [-0.25, -0.2) is 0 Å². The van der Waals surface area contributed by atoms with Crippen LogP contribution in [0.25, 0.3) is 21.8 Å². The van der Waals surface area contributed by atoms with Crippen LogP contribution >= 0.6 is 0 Å². The molecular formula is C19H18N2O2. The first-order valence-electron chi connectivity index (χ1n) is 7.83. The number of Topliss-reactive ketones (excluding diaryl/α,β-unsaturated/α-hetero) is 1. The minimum atomic E-state index is -1.14. The SMILES string of the molecule is CCC1(N(C)C)C(=O)c2cccc3c4ccccc4n(c23)C1=O. The zero-order valence-corrected chi connectivity index (χ0v) is 13.5. The molecule has 1 aromatic heterocycles. The second-order valence-corrected chi connectivity index (χ2v) is 6.30. The molecule has 3 aromatic rings. The van der Waals surface area contributed by atoms with Gasteiger partial charge in [0.25, 0.3) is 5.91 Å². The lowest BCUT2D eigenvalue weighted by molar-refractivity contribution is 0.0490. The van der Waals surface area contributed by atoms with Crippen molar-refractivity contribution in [3.8, 4) is 0 Å². The van der Waals surface area contributed by atoms with Crippen LogP contribution in [0.4, 0.5) is 0 Å². The van der Waals surface area contributed by atoms with Crippen molar-refractivity contribution in [1.82, 2.24) is 9.47 Å². The summed E-state index contributed by atoms with van der Waals surface area (Å²) in [6, 6.07) is 13.6. The molecule has 2 heterocycles. The van der Waals surface area contributed by atoms with Crippen LogP contribution < -0.4 is 0 Å². The smallest absolute Gasteiger partial charge is 0.260 e. The summed E-state index contributed by atoms with van der Waals surface area (Å²) in [7, 11) is 3.60. The normalized spacial score (nSPS) is 20.9. The third-order valence-electron chi connectivity index (χ3n) is 5.15. The summed E-state index contributed by atoms with van der Waals surface area (Å²) in [5.41, 5.74) is 1.11. The van der Waals surface area contributed by atoms with Gasteiger partial charge in [0.2, 0.25) is 0 Å². The number of para-hydroxylation sites is 2. The molecule has 2 aromatic carbocycles. The molecule has 4 rings (SSSR count). The van der Waals surface area contributed by atoms with Crippen molar-refractivity contribution in [2.75, 3.05) is 14.1 Å². The molecule has 23 heavy (non-hydrogen) atoms. The fourth-order valence-electron chi connectivity index (χ4n) is 3.94. The van der Waals surface area contributed by atoms with Crippen LogP contribution in [0.15, 0.2) is 42.5 Å². The summed E-state index contributed by atoms with van der Waals surface area (Å²) < 4.78 is 1.74. The number of likely N-dealkylation sites (N-methyl/N-ethyl adjacent to an activating group) is 1. The molecule has 0 spiro atoms. The van der Waals surface area contributed by atoms with E-state index >= 15 is 0 Å². The van der Waals surface area contributed by atoms with Crippen LogP contribution in [0.3, 0.4) is 0 Å². The molecule has 0 aliphatic carbocycles. The number of carbonyl (C=O) groups is 2. The molecule has 0 fully saturated rings. The highest BCUT2D eigenvalue weighted by molar-refractivity contribution is 6.31. The molecule has 1 atom stereocenters. The lowest BCUT2D eigenvalue weighted by Crippen LogP contribution is -2.60. The van der Waals surface area contributed by atoms with Gasteiger partial charge in [-0.05, 0) is 32.6 Å². The van der Waals surface area contributed by atoms with Gasteiger partial charge in [0.1, 0.15) is 0 Å². The van der Waals surface area contributed by atoms with Crippen molar-refractivity contribution < 1.29 is 9.59 Å². The number of ketones is 1. The Balaban J connectivity index is 2.24. The zero-order valence-electron chi connectivity index (χ0n) is 13.5.